The number of hydrogen-bond donors (Lipinski definition) is 1. The van der Waals surface area contributed by atoms with Crippen molar-refractivity contribution in [3.8, 4) is 0 Å². The van der Waals surface area contributed by atoms with Crippen molar-refractivity contribution in [1.29, 1.82) is 0 Å². The molecule has 4 nitrogen and oxygen atoms in total. The van der Waals surface area contributed by atoms with E-state index in [9.17, 15) is 21.6 Å². The lowest BCUT2D eigenvalue weighted by atomic mass is 9.86. The van der Waals surface area contributed by atoms with Crippen LogP contribution in [0.25, 0.3) is 0 Å². The standard InChI is InChI=1S/C12H14ClF3N2O2S/c13-10-4-5-17-7-11(10)21(19,20)18-9-3-1-2-8(6-9)12(14,15)16/h4-5,7-9,18H,1-3,6H2. The van der Waals surface area contributed by atoms with Crippen LogP contribution in [0.4, 0.5) is 13.2 Å². The van der Waals surface area contributed by atoms with Gasteiger partial charge in [-0.1, -0.05) is 18.0 Å². The monoisotopic (exact) mass is 342 g/mol. The smallest absolute Gasteiger partial charge is 0.263 e. The van der Waals surface area contributed by atoms with Gasteiger partial charge in [0.2, 0.25) is 10.0 Å². The average Bonchev–Trinajstić information content (AvgIpc) is 2.37. The van der Waals surface area contributed by atoms with Gasteiger partial charge in [-0.2, -0.15) is 13.2 Å². The molecule has 2 rings (SSSR count). The van der Waals surface area contributed by atoms with Crippen molar-refractivity contribution in [3.63, 3.8) is 0 Å². The number of pyridine rings is 1. The SMILES string of the molecule is O=S(=O)(NC1CCCC(C(F)(F)F)C1)c1cnccc1Cl. The maximum atomic E-state index is 12.7. The summed E-state index contributed by atoms with van der Waals surface area (Å²) in [4.78, 5) is 3.45. The third-order valence-electron chi connectivity index (χ3n) is 3.48. The summed E-state index contributed by atoms with van der Waals surface area (Å²) in [6.45, 7) is 0. The van der Waals surface area contributed by atoms with Crippen molar-refractivity contribution in [2.45, 2.75) is 42.8 Å². The van der Waals surface area contributed by atoms with Gasteiger partial charge in [-0.3, -0.25) is 4.98 Å². The highest BCUT2D eigenvalue weighted by Gasteiger charge is 2.42. The van der Waals surface area contributed by atoms with E-state index >= 15 is 0 Å². The van der Waals surface area contributed by atoms with Crippen molar-refractivity contribution < 1.29 is 21.6 Å². The molecule has 1 fully saturated rings. The van der Waals surface area contributed by atoms with Gasteiger partial charge in [0.1, 0.15) is 4.90 Å². The quantitative estimate of drug-likeness (QED) is 0.918. The molecule has 2 atom stereocenters. The number of alkyl halides is 3. The molecule has 1 aliphatic carbocycles. The number of nitrogens with zero attached hydrogens (tertiary/aromatic N) is 1. The van der Waals surface area contributed by atoms with Crippen LogP contribution in [0.5, 0.6) is 0 Å². The summed E-state index contributed by atoms with van der Waals surface area (Å²) in [7, 11) is -3.97. The highest BCUT2D eigenvalue weighted by Crippen LogP contribution is 2.38. The van der Waals surface area contributed by atoms with E-state index in [1.807, 2.05) is 0 Å². The first-order valence-electron chi connectivity index (χ1n) is 6.38. The lowest BCUT2D eigenvalue weighted by Crippen LogP contribution is -2.41. The molecule has 2 unspecified atom stereocenters. The Balaban J connectivity index is 2.12. The Bertz CT molecular complexity index is 607. The highest BCUT2D eigenvalue weighted by molar-refractivity contribution is 7.89. The van der Waals surface area contributed by atoms with E-state index < -0.39 is 28.2 Å². The van der Waals surface area contributed by atoms with E-state index in [0.29, 0.717) is 12.8 Å². The fourth-order valence-corrected chi connectivity index (χ4v) is 4.15. The minimum absolute atomic E-state index is 0.0133. The third-order valence-corrected chi connectivity index (χ3v) is 5.47. The van der Waals surface area contributed by atoms with Crippen molar-refractivity contribution in [1.82, 2.24) is 9.71 Å². The molecule has 9 heteroatoms. The summed E-state index contributed by atoms with van der Waals surface area (Å²) < 4.78 is 64.8. The largest absolute Gasteiger partial charge is 0.391 e. The zero-order valence-electron chi connectivity index (χ0n) is 10.9. The number of nitrogens with one attached hydrogen (secondary N) is 1. The van der Waals surface area contributed by atoms with Crippen molar-refractivity contribution in [2.75, 3.05) is 0 Å². The fourth-order valence-electron chi connectivity index (χ4n) is 2.44. The van der Waals surface area contributed by atoms with Crippen LogP contribution in [0.15, 0.2) is 23.4 Å². The summed E-state index contributed by atoms with van der Waals surface area (Å²) in [6, 6.07) is 0.571. The summed E-state index contributed by atoms with van der Waals surface area (Å²) in [5.74, 6) is -1.47. The van der Waals surface area contributed by atoms with Crippen LogP contribution in [-0.4, -0.2) is 25.6 Å². The summed E-state index contributed by atoms with van der Waals surface area (Å²) >= 11 is 5.79. The molecule has 1 saturated carbocycles. The molecule has 118 valence electrons. The van der Waals surface area contributed by atoms with E-state index in [1.165, 1.54) is 12.3 Å². The van der Waals surface area contributed by atoms with Gasteiger partial charge < -0.3 is 0 Å². The number of halogens is 4. The van der Waals surface area contributed by atoms with Gasteiger partial charge in [0.15, 0.2) is 0 Å². The molecule has 1 aliphatic rings. The number of aromatic nitrogens is 1. The van der Waals surface area contributed by atoms with E-state index in [-0.39, 0.29) is 22.8 Å². The number of hydrogen-bond acceptors (Lipinski definition) is 3. The van der Waals surface area contributed by atoms with E-state index in [4.69, 9.17) is 11.6 Å². The minimum atomic E-state index is -4.30. The predicted octanol–water partition coefficient (Wildman–Crippen LogP) is 3.13. The van der Waals surface area contributed by atoms with Gasteiger partial charge >= 0.3 is 6.18 Å². The molecule has 1 heterocycles. The maximum absolute atomic E-state index is 12.7. The second kappa shape index (κ2) is 6.10. The van der Waals surface area contributed by atoms with Gasteiger partial charge in [0.25, 0.3) is 0 Å². The minimum Gasteiger partial charge on any atom is -0.263 e. The summed E-state index contributed by atoms with van der Waals surface area (Å²) in [5.41, 5.74) is 0. The second-order valence-corrected chi connectivity index (χ2v) is 7.12. The molecule has 0 amide bonds. The van der Waals surface area contributed by atoms with E-state index in [2.05, 4.69) is 9.71 Å². The molecular weight excluding hydrogens is 329 g/mol. The molecule has 1 aromatic rings. The van der Waals surface area contributed by atoms with E-state index in [0.717, 1.165) is 6.20 Å². The molecule has 21 heavy (non-hydrogen) atoms. The molecule has 0 aromatic carbocycles. The van der Waals surface area contributed by atoms with Crippen molar-refractivity contribution >= 4 is 21.6 Å². The Morgan fingerprint density at radius 3 is 2.67 bits per heavy atom. The maximum Gasteiger partial charge on any atom is 0.391 e. The lowest BCUT2D eigenvalue weighted by molar-refractivity contribution is -0.183. The van der Waals surface area contributed by atoms with Crippen LogP contribution in [0.3, 0.4) is 0 Å². The van der Waals surface area contributed by atoms with Crippen molar-refractivity contribution in [3.05, 3.63) is 23.5 Å². The van der Waals surface area contributed by atoms with Crippen LogP contribution in [-0.2, 0) is 10.0 Å². The topological polar surface area (TPSA) is 59.1 Å². The molecule has 0 bridgehead atoms. The first-order chi connectivity index (χ1) is 9.70. The number of rotatable bonds is 3. The van der Waals surface area contributed by atoms with Crippen LogP contribution >= 0.6 is 11.6 Å². The van der Waals surface area contributed by atoms with Gasteiger partial charge in [-0.15, -0.1) is 0 Å². The summed E-state index contributed by atoms with van der Waals surface area (Å²) in [6.07, 6.45) is -1.38. The molecule has 1 N–H and O–H groups in total. The zero-order chi connectivity index (χ0) is 15.7. The third kappa shape index (κ3) is 4.08. The first-order valence-corrected chi connectivity index (χ1v) is 8.25. The molecular formula is C12H14ClF3N2O2S. The lowest BCUT2D eigenvalue weighted by Gasteiger charge is -2.30. The van der Waals surface area contributed by atoms with Crippen LogP contribution in [0.1, 0.15) is 25.7 Å². The van der Waals surface area contributed by atoms with Gasteiger partial charge in [0, 0.05) is 18.4 Å². The van der Waals surface area contributed by atoms with Gasteiger partial charge in [-0.25, -0.2) is 13.1 Å². The van der Waals surface area contributed by atoms with Crippen molar-refractivity contribution in [2.24, 2.45) is 5.92 Å². The number of sulfonamides is 1. The molecule has 0 aliphatic heterocycles. The fraction of sp³-hybridized carbons (Fsp3) is 0.583. The molecule has 0 saturated heterocycles. The Morgan fingerprint density at radius 2 is 2.05 bits per heavy atom. The summed E-state index contributed by atoms with van der Waals surface area (Å²) in [5, 5.41) is -0.0133. The normalized spacial score (nSPS) is 24.0. The van der Waals surface area contributed by atoms with Gasteiger partial charge in [0.05, 0.1) is 10.9 Å². The van der Waals surface area contributed by atoms with E-state index in [1.54, 1.807) is 0 Å². The van der Waals surface area contributed by atoms with Crippen LogP contribution in [0.2, 0.25) is 5.02 Å². The Kier molecular flexibility index (Phi) is 4.79. The van der Waals surface area contributed by atoms with Crippen LogP contribution < -0.4 is 4.72 Å². The predicted molar refractivity (Wildman–Crippen MR) is 71.4 cm³/mol. The van der Waals surface area contributed by atoms with Gasteiger partial charge in [-0.05, 0) is 25.3 Å². The molecule has 0 radical (unpaired) electrons. The first kappa shape index (κ1) is 16.5. The average molecular weight is 343 g/mol. The second-order valence-electron chi connectivity index (χ2n) is 5.03. The molecule has 0 spiro atoms. The highest BCUT2D eigenvalue weighted by atomic mass is 35.5. The molecule has 1 aromatic heterocycles. The zero-order valence-corrected chi connectivity index (χ0v) is 12.5. The Morgan fingerprint density at radius 1 is 1.33 bits per heavy atom. The van der Waals surface area contributed by atoms with Crippen LogP contribution in [0, 0.1) is 5.92 Å². The Hall–Kier alpha value is -0.860. The Labute approximate surface area is 125 Å².